The standard InChI is InChI=1S/C17H17FN2O/c1-21-17-7-4-14(11-19)10-15(17)12-20-9-8-13-2-5-16(18)6-3-13/h2-7,10,20H,8-9,12H2,1H3. The van der Waals surface area contributed by atoms with Gasteiger partial charge in [-0.1, -0.05) is 12.1 Å². The third kappa shape index (κ3) is 4.30. The fraction of sp³-hybridized carbons (Fsp3) is 0.235. The first-order chi connectivity index (χ1) is 10.2. The van der Waals surface area contributed by atoms with Crippen LogP contribution in [0.4, 0.5) is 4.39 Å². The van der Waals surface area contributed by atoms with Crippen LogP contribution in [0.25, 0.3) is 0 Å². The molecular formula is C17H17FN2O. The van der Waals surface area contributed by atoms with Gasteiger partial charge in [0.15, 0.2) is 0 Å². The van der Waals surface area contributed by atoms with Gasteiger partial charge in [-0.3, -0.25) is 0 Å². The van der Waals surface area contributed by atoms with Crippen LogP contribution < -0.4 is 10.1 Å². The van der Waals surface area contributed by atoms with Gasteiger partial charge in [0, 0.05) is 12.1 Å². The lowest BCUT2D eigenvalue weighted by molar-refractivity contribution is 0.407. The van der Waals surface area contributed by atoms with Crippen LogP contribution in [-0.4, -0.2) is 13.7 Å². The highest BCUT2D eigenvalue weighted by atomic mass is 19.1. The molecule has 1 N–H and O–H groups in total. The van der Waals surface area contributed by atoms with Gasteiger partial charge in [0.2, 0.25) is 0 Å². The Balaban J connectivity index is 1.88. The third-order valence-electron chi connectivity index (χ3n) is 3.23. The molecule has 2 aromatic rings. The van der Waals surface area contributed by atoms with E-state index in [-0.39, 0.29) is 5.82 Å². The number of methoxy groups -OCH3 is 1. The number of benzene rings is 2. The molecule has 0 bridgehead atoms. The maximum Gasteiger partial charge on any atom is 0.123 e. The molecule has 0 atom stereocenters. The molecule has 0 amide bonds. The average Bonchev–Trinajstić information content (AvgIpc) is 2.53. The minimum Gasteiger partial charge on any atom is -0.496 e. The molecule has 0 aliphatic rings. The summed E-state index contributed by atoms with van der Waals surface area (Å²) in [5.41, 5.74) is 2.66. The highest BCUT2D eigenvalue weighted by molar-refractivity contribution is 5.42. The predicted molar refractivity (Wildman–Crippen MR) is 79.5 cm³/mol. The van der Waals surface area contributed by atoms with Crippen LogP contribution in [0.5, 0.6) is 5.75 Å². The van der Waals surface area contributed by atoms with Crippen molar-refractivity contribution in [3.8, 4) is 11.8 Å². The van der Waals surface area contributed by atoms with E-state index in [1.807, 2.05) is 6.07 Å². The Hall–Kier alpha value is -2.38. The van der Waals surface area contributed by atoms with Gasteiger partial charge in [0.1, 0.15) is 11.6 Å². The van der Waals surface area contributed by atoms with Gasteiger partial charge in [-0.2, -0.15) is 5.26 Å². The molecule has 0 fully saturated rings. The Morgan fingerprint density at radius 1 is 1.19 bits per heavy atom. The van der Waals surface area contributed by atoms with Crippen LogP contribution in [0.3, 0.4) is 0 Å². The second-order valence-corrected chi connectivity index (χ2v) is 4.69. The molecule has 3 nitrogen and oxygen atoms in total. The lowest BCUT2D eigenvalue weighted by Gasteiger charge is -2.10. The Kier molecular flexibility index (Phi) is 5.30. The summed E-state index contributed by atoms with van der Waals surface area (Å²) < 4.78 is 18.1. The first kappa shape index (κ1) is 15.0. The summed E-state index contributed by atoms with van der Waals surface area (Å²) in [6, 6.07) is 14.0. The number of rotatable bonds is 6. The molecule has 0 heterocycles. The van der Waals surface area contributed by atoms with Crippen LogP contribution in [0.2, 0.25) is 0 Å². The molecule has 108 valence electrons. The topological polar surface area (TPSA) is 45.0 Å². The van der Waals surface area contributed by atoms with E-state index < -0.39 is 0 Å². The van der Waals surface area contributed by atoms with Crippen molar-refractivity contribution in [1.29, 1.82) is 5.26 Å². The zero-order valence-electron chi connectivity index (χ0n) is 11.9. The average molecular weight is 284 g/mol. The second kappa shape index (κ2) is 7.41. The molecule has 2 rings (SSSR count). The van der Waals surface area contributed by atoms with Crippen LogP contribution in [-0.2, 0) is 13.0 Å². The highest BCUT2D eigenvalue weighted by Crippen LogP contribution is 2.19. The summed E-state index contributed by atoms with van der Waals surface area (Å²) in [7, 11) is 1.61. The summed E-state index contributed by atoms with van der Waals surface area (Å²) in [4.78, 5) is 0. The van der Waals surface area contributed by atoms with Crippen LogP contribution in [0.15, 0.2) is 42.5 Å². The van der Waals surface area contributed by atoms with Crippen LogP contribution in [0.1, 0.15) is 16.7 Å². The van der Waals surface area contributed by atoms with E-state index in [1.165, 1.54) is 12.1 Å². The Morgan fingerprint density at radius 2 is 1.95 bits per heavy atom. The molecule has 0 aromatic heterocycles. The molecular weight excluding hydrogens is 267 g/mol. The molecule has 0 saturated heterocycles. The highest BCUT2D eigenvalue weighted by Gasteiger charge is 2.04. The molecule has 4 heteroatoms. The zero-order chi connectivity index (χ0) is 15.1. The van der Waals surface area contributed by atoms with Crippen molar-refractivity contribution >= 4 is 0 Å². The summed E-state index contributed by atoms with van der Waals surface area (Å²) in [5, 5.41) is 12.2. The zero-order valence-corrected chi connectivity index (χ0v) is 11.9. The van der Waals surface area contributed by atoms with E-state index in [0.29, 0.717) is 12.1 Å². The SMILES string of the molecule is COc1ccc(C#N)cc1CNCCc1ccc(F)cc1. The Bertz CT molecular complexity index is 632. The smallest absolute Gasteiger partial charge is 0.123 e. The van der Waals surface area contributed by atoms with Gasteiger partial charge in [0.05, 0.1) is 18.7 Å². The number of ether oxygens (including phenoxy) is 1. The molecule has 0 unspecified atom stereocenters. The van der Waals surface area contributed by atoms with Crippen molar-refractivity contribution in [3.05, 3.63) is 65.0 Å². The van der Waals surface area contributed by atoms with Gasteiger partial charge in [-0.05, 0) is 48.9 Å². The third-order valence-corrected chi connectivity index (χ3v) is 3.23. The molecule has 0 radical (unpaired) electrons. The number of nitriles is 1. The molecule has 2 aromatic carbocycles. The van der Waals surface area contributed by atoms with E-state index in [0.717, 1.165) is 29.8 Å². The molecule has 0 saturated carbocycles. The number of nitrogens with zero attached hydrogens (tertiary/aromatic N) is 1. The minimum atomic E-state index is -0.218. The largest absolute Gasteiger partial charge is 0.496 e. The van der Waals surface area contributed by atoms with Gasteiger partial charge >= 0.3 is 0 Å². The fourth-order valence-electron chi connectivity index (χ4n) is 2.09. The van der Waals surface area contributed by atoms with Crippen molar-refractivity contribution in [1.82, 2.24) is 5.32 Å². The molecule has 21 heavy (non-hydrogen) atoms. The summed E-state index contributed by atoms with van der Waals surface area (Å²) in [6.45, 7) is 1.39. The van der Waals surface area contributed by atoms with Crippen molar-refractivity contribution in [2.45, 2.75) is 13.0 Å². The first-order valence-electron chi connectivity index (χ1n) is 6.75. The van der Waals surface area contributed by atoms with E-state index in [9.17, 15) is 4.39 Å². The maximum absolute atomic E-state index is 12.8. The lowest BCUT2D eigenvalue weighted by atomic mass is 10.1. The van der Waals surface area contributed by atoms with Crippen LogP contribution in [0, 0.1) is 17.1 Å². The summed E-state index contributed by atoms with van der Waals surface area (Å²) in [5.74, 6) is 0.549. The minimum absolute atomic E-state index is 0.218. The Morgan fingerprint density at radius 3 is 2.62 bits per heavy atom. The molecule has 0 spiro atoms. The monoisotopic (exact) mass is 284 g/mol. The molecule has 0 aliphatic heterocycles. The summed E-state index contributed by atoms with van der Waals surface area (Å²) >= 11 is 0. The van der Waals surface area contributed by atoms with E-state index in [1.54, 1.807) is 31.4 Å². The number of nitrogens with one attached hydrogen (secondary N) is 1. The fourth-order valence-corrected chi connectivity index (χ4v) is 2.09. The Labute approximate surface area is 124 Å². The van der Waals surface area contributed by atoms with Crippen molar-refractivity contribution in [2.24, 2.45) is 0 Å². The quantitative estimate of drug-likeness (QED) is 0.829. The number of halogens is 1. The lowest BCUT2D eigenvalue weighted by Crippen LogP contribution is -2.17. The normalized spacial score (nSPS) is 10.1. The second-order valence-electron chi connectivity index (χ2n) is 4.69. The molecule has 0 aliphatic carbocycles. The summed E-state index contributed by atoms with van der Waals surface area (Å²) in [6.07, 6.45) is 0.820. The maximum atomic E-state index is 12.8. The first-order valence-corrected chi connectivity index (χ1v) is 6.75. The van der Waals surface area contributed by atoms with E-state index in [2.05, 4.69) is 11.4 Å². The van der Waals surface area contributed by atoms with Gasteiger partial charge < -0.3 is 10.1 Å². The number of hydrogen-bond donors (Lipinski definition) is 1. The number of hydrogen-bond acceptors (Lipinski definition) is 3. The van der Waals surface area contributed by atoms with Crippen molar-refractivity contribution in [2.75, 3.05) is 13.7 Å². The van der Waals surface area contributed by atoms with Crippen LogP contribution >= 0.6 is 0 Å². The van der Waals surface area contributed by atoms with Gasteiger partial charge in [0.25, 0.3) is 0 Å². The van der Waals surface area contributed by atoms with Gasteiger partial charge in [-0.15, -0.1) is 0 Å². The van der Waals surface area contributed by atoms with E-state index >= 15 is 0 Å². The van der Waals surface area contributed by atoms with E-state index in [4.69, 9.17) is 10.00 Å². The van der Waals surface area contributed by atoms with Crippen molar-refractivity contribution in [3.63, 3.8) is 0 Å². The van der Waals surface area contributed by atoms with Gasteiger partial charge in [-0.25, -0.2) is 4.39 Å². The predicted octanol–water partition coefficient (Wildman–Crippen LogP) is 3.04. The van der Waals surface area contributed by atoms with Crippen molar-refractivity contribution < 1.29 is 9.13 Å².